The van der Waals surface area contributed by atoms with Crippen LogP contribution in [0.2, 0.25) is 0 Å². The van der Waals surface area contributed by atoms with Crippen LogP contribution in [0, 0.1) is 0 Å². The standard InChI is InChI=1S/C11H10N2O3S/c1-6(10(12)14)16-11(15)7-2-3-8-9(4-7)17-5-13-8/h2-6H,1H3,(H2,12,14)/t6-/m1/s1. The second-order valence-electron chi connectivity index (χ2n) is 3.48. The number of esters is 1. The van der Waals surface area contributed by atoms with Gasteiger partial charge in [0.25, 0.3) is 5.91 Å². The smallest absolute Gasteiger partial charge is 0.338 e. The van der Waals surface area contributed by atoms with Gasteiger partial charge in [-0.2, -0.15) is 0 Å². The van der Waals surface area contributed by atoms with Crippen molar-refractivity contribution in [1.29, 1.82) is 0 Å². The quantitative estimate of drug-likeness (QED) is 0.833. The van der Waals surface area contributed by atoms with Gasteiger partial charge in [0, 0.05) is 0 Å². The summed E-state index contributed by atoms with van der Waals surface area (Å²) >= 11 is 1.43. The Morgan fingerprint density at radius 3 is 2.94 bits per heavy atom. The van der Waals surface area contributed by atoms with E-state index in [1.165, 1.54) is 18.3 Å². The van der Waals surface area contributed by atoms with Crippen LogP contribution in [-0.2, 0) is 9.53 Å². The summed E-state index contributed by atoms with van der Waals surface area (Å²) in [7, 11) is 0. The van der Waals surface area contributed by atoms with E-state index in [1.807, 2.05) is 0 Å². The van der Waals surface area contributed by atoms with Crippen LogP contribution >= 0.6 is 11.3 Å². The number of aromatic nitrogens is 1. The maximum Gasteiger partial charge on any atom is 0.338 e. The zero-order valence-corrected chi connectivity index (χ0v) is 9.86. The summed E-state index contributed by atoms with van der Waals surface area (Å²) in [6, 6.07) is 5.03. The highest BCUT2D eigenvalue weighted by atomic mass is 32.1. The molecule has 2 rings (SSSR count). The largest absolute Gasteiger partial charge is 0.449 e. The molecule has 1 aromatic heterocycles. The lowest BCUT2D eigenvalue weighted by molar-refractivity contribution is -0.125. The lowest BCUT2D eigenvalue weighted by Gasteiger charge is -2.09. The van der Waals surface area contributed by atoms with Gasteiger partial charge < -0.3 is 10.5 Å². The molecular weight excluding hydrogens is 240 g/mol. The molecule has 0 saturated heterocycles. The Hall–Kier alpha value is -1.95. The SMILES string of the molecule is C[C@@H](OC(=O)c1ccc2ncsc2c1)C(N)=O. The van der Waals surface area contributed by atoms with Crippen LogP contribution in [0.1, 0.15) is 17.3 Å². The summed E-state index contributed by atoms with van der Waals surface area (Å²) in [5.74, 6) is -1.23. The third-order valence-corrected chi connectivity index (χ3v) is 3.04. The molecule has 0 aliphatic carbocycles. The lowest BCUT2D eigenvalue weighted by Crippen LogP contribution is -2.30. The van der Waals surface area contributed by atoms with Gasteiger partial charge in [0.05, 0.1) is 21.3 Å². The van der Waals surface area contributed by atoms with E-state index in [9.17, 15) is 9.59 Å². The highest BCUT2D eigenvalue weighted by Crippen LogP contribution is 2.19. The number of thiazole rings is 1. The first-order chi connectivity index (χ1) is 8.08. The van der Waals surface area contributed by atoms with Crippen molar-refractivity contribution in [1.82, 2.24) is 4.98 Å². The first-order valence-electron chi connectivity index (χ1n) is 4.91. The zero-order chi connectivity index (χ0) is 12.4. The molecule has 17 heavy (non-hydrogen) atoms. The van der Waals surface area contributed by atoms with Crippen LogP contribution in [-0.4, -0.2) is 23.0 Å². The fourth-order valence-corrected chi connectivity index (χ4v) is 1.99. The Labute approximate surface area is 101 Å². The maximum atomic E-state index is 11.7. The van der Waals surface area contributed by atoms with Crippen molar-refractivity contribution in [3.05, 3.63) is 29.3 Å². The molecule has 0 saturated carbocycles. The minimum atomic E-state index is -0.931. The van der Waals surface area contributed by atoms with Gasteiger partial charge in [0.1, 0.15) is 0 Å². The van der Waals surface area contributed by atoms with Gasteiger partial charge in [0.15, 0.2) is 6.10 Å². The summed E-state index contributed by atoms with van der Waals surface area (Å²) in [5.41, 5.74) is 7.92. The first kappa shape index (κ1) is 11.5. The highest BCUT2D eigenvalue weighted by molar-refractivity contribution is 7.16. The van der Waals surface area contributed by atoms with Gasteiger partial charge >= 0.3 is 5.97 Å². The maximum absolute atomic E-state index is 11.7. The van der Waals surface area contributed by atoms with E-state index < -0.39 is 18.0 Å². The molecule has 2 aromatic rings. The average Bonchev–Trinajstić information content (AvgIpc) is 2.75. The summed E-state index contributed by atoms with van der Waals surface area (Å²) in [5, 5.41) is 0. The molecular formula is C11H10N2O3S. The second-order valence-corrected chi connectivity index (χ2v) is 4.37. The molecule has 1 heterocycles. The molecule has 0 radical (unpaired) electrons. The van der Waals surface area contributed by atoms with Gasteiger partial charge in [0.2, 0.25) is 0 Å². The first-order valence-corrected chi connectivity index (χ1v) is 5.79. The van der Waals surface area contributed by atoms with Gasteiger partial charge in [-0.05, 0) is 25.1 Å². The molecule has 1 aromatic carbocycles. The number of nitrogens with zero attached hydrogens (tertiary/aromatic N) is 1. The zero-order valence-electron chi connectivity index (χ0n) is 9.04. The average molecular weight is 250 g/mol. The molecule has 5 nitrogen and oxygen atoms in total. The summed E-state index contributed by atoms with van der Waals surface area (Å²) in [4.78, 5) is 26.6. The fraction of sp³-hybridized carbons (Fsp3) is 0.182. The van der Waals surface area contributed by atoms with E-state index in [0.29, 0.717) is 5.56 Å². The molecule has 2 N–H and O–H groups in total. The van der Waals surface area contributed by atoms with E-state index >= 15 is 0 Å². The van der Waals surface area contributed by atoms with Crippen LogP contribution in [0.25, 0.3) is 10.2 Å². The molecule has 1 atom stereocenters. The number of hydrogen-bond acceptors (Lipinski definition) is 5. The van der Waals surface area contributed by atoms with Crippen molar-refractivity contribution in [2.45, 2.75) is 13.0 Å². The van der Waals surface area contributed by atoms with Crippen LogP contribution in [0.3, 0.4) is 0 Å². The van der Waals surface area contributed by atoms with Gasteiger partial charge in [-0.15, -0.1) is 11.3 Å². The van der Waals surface area contributed by atoms with E-state index in [4.69, 9.17) is 10.5 Å². The molecule has 0 unspecified atom stereocenters. The van der Waals surface area contributed by atoms with E-state index in [-0.39, 0.29) is 0 Å². The Morgan fingerprint density at radius 2 is 2.24 bits per heavy atom. The number of nitrogens with two attached hydrogens (primary N) is 1. The predicted octanol–water partition coefficient (Wildman–Crippen LogP) is 1.33. The topological polar surface area (TPSA) is 82.3 Å². The van der Waals surface area contributed by atoms with Crippen LogP contribution in [0.4, 0.5) is 0 Å². The number of primary amides is 1. The predicted molar refractivity (Wildman–Crippen MR) is 63.7 cm³/mol. The highest BCUT2D eigenvalue weighted by Gasteiger charge is 2.16. The Bertz CT molecular complexity index is 579. The Kier molecular flexibility index (Phi) is 3.06. The van der Waals surface area contributed by atoms with Crippen molar-refractivity contribution in [2.24, 2.45) is 5.73 Å². The van der Waals surface area contributed by atoms with Crippen molar-refractivity contribution < 1.29 is 14.3 Å². The minimum Gasteiger partial charge on any atom is -0.449 e. The molecule has 6 heteroatoms. The third-order valence-electron chi connectivity index (χ3n) is 2.25. The molecule has 0 bridgehead atoms. The third kappa shape index (κ3) is 2.42. The summed E-state index contributed by atoms with van der Waals surface area (Å²) < 4.78 is 5.79. The van der Waals surface area contributed by atoms with Gasteiger partial charge in [-0.3, -0.25) is 4.79 Å². The minimum absolute atomic E-state index is 0.384. The van der Waals surface area contributed by atoms with Crippen molar-refractivity contribution in [3.63, 3.8) is 0 Å². The number of fused-ring (bicyclic) bond motifs is 1. The van der Waals surface area contributed by atoms with Crippen molar-refractivity contribution in [3.8, 4) is 0 Å². The van der Waals surface area contributed by atoms with E-state index in [2.05, 4.69) is 4.98 Å². The summed E-state index contributed by atoms with van der Waals surface area (Å²) in [6.07, 6.45) is -0.931. The lowest BCUT2D eigenvalue weighted by atomic mass is 10.2. The molecule has 0 aliphatic heterocycles. The normalized spacial score (nSPS) is 12.3. The van der Waals surface area contributed by atoms with E-state index in [1.54, 1.807) is 23.7 Å². The van der Waals surface area contributed by atoms with Crippen LogP contribution < -0.4 is 5.73 Å². The number of carbonyl (C=O) groups is 2. The monoisotopic (exact) mass is 250 g/mol. The number of ether oxygens (including phenoxy) is 1. The van der Waals surface area contributed by atoms with Crippen molar-refractivity contribution >= 4 is 33.4 Å². The number of hydrogen-bond donors (Lipinski definition) is 1. The number of rotatable bonds is 3. The van der Waals surface area contributed by atoms with Crippen LogP contribution in [0.5, 0.6) is 0 Å². The Morgan fingerprint density at radius 1 is 1.47 bits per heavy atom. The van der Waals surface area contributed by atoms with Gasteiger partial charge in [-0.25, -0.2) is 9.78 Å². The molecule has 0 fully saturated rings. The van der Waals surface area contributed by atoms with Crippen molar-refractivity contribution in [2.75, 3.05) is 0 Å². The van der Waals surface area contributed by atoms with E-state index in [0.717, 1.165) is 10.2 Å². The second kappa shape index (κ2) is 4.50. The molecule has 0 spiro atoms. The fourth-order valence-electron chi connectivity index (χ4n) is 1.27. The number of amides is 1. The molecule has 0 aliphatic rings. The number of benzene rings is 1. The van der Waals surface area contributed by atoms with Gasteiger partial charge in [-0.1, -0.05) is 0 Å². The summed E-state index contributed by atoms with van der Waals surface area (Å²) in [6.45, 7) is 1.44. The van der Waals surface area contributed by atoms with Crippen LogP contribution in [0.15, 0.2) is 23.7 Å². The Balaban J connectivity index is 2.21. The molecule has 88 valence electrons. The molecule has 1 amide bonds. The number of carbonyl (C=O) groups excluding carboxylic acids is 2.